The van der Waals surface area contributed by atoms with E-state index in [4.69, 9.17) is 4.42 Å². The van der Waals surface area contributed by atoms with Crippen LogP contribution < -0.4 is 10.6 Å². The van der Waals surface area contributed by atoms with E-state index in [0.717, 1.165) is 12.8 Å². The summed E-state index contributed by atoms with van der Waals surface area (Å²) in [6.07, 6.45) is 3.62. The molecule has 6 heteroatoms. The maximum absolute atomic E-state index is 11.7. The van der Waals surface area contributed by atoms with Crippen LogP contribution in [0.15, 0.2) is 22.8 Å². The van der Waals surface area contributed by atoms with E-state index in [0.29, 0.717) is 11.8 Å². The summed E-state index contributed by atoms with van der Waals surface area (Å²) in [5.74, 6) is 0.327. The molecule has 0 aliphatic heterocycles. The average Bonchev–Trinajstić information content (AvgIpc) is 2.89. The quantitative estimate of drug-likeness (QED) is 0.798. The van der Waals surface area contributed by atoms with Crippen molar-refractivity contribution in [2.45, 2.75) is 39.3 Å². The van der Waals surface area contributed by atoms with E-state index >= 15 is 0 Å². The van der Waals surface area contributed by atoms with E-state index in [1.165, 1.54) is 6.26 Å². The normalized spacial score (nSPS) is 12.2. The van der Waals surface area contributed by atoms with E-state index in [9.17, 15) is 9.59 Å². The van der Waals surface area contributed by atoms with Gasteiger partial charge < -0.3 is 9.73 Å². The van der Waals surface area contributed by atoms with Crippen LogP contribution in [0.3, 0.4) is 0 Å². The minimum absolute atomic E-state index is 0.204. The van der Waals surface area contributed by atoms with Crippen molar-refractivity contribution >= 4 is 11.9 Å². The Morgan fingerprint density at radius 2 is 2.20 bits per heavy atom. The van der Waals surface area contributed by atoms with Crippen molar-refractivity contribution in [3.8, 4) is 0 Å². The van der Waals surface area contributed by atoms with Crippen LogP contribution in [-0.2, 0) is 11.3 Å². The standard InChI is InChI=1S/C14H23N3O3/c1-4-6-11(2)17(3)10-13(18)16-14(19)15-9-12-7-5-8-20-12/h5,7-8,11H,4,6,9-10H2,1-3H3,(H2,15,16,18,19). The first kappa shape index (κ1) is 16.2. The van der Waals surface area contributed by atoms with Crippen molar-refractivity contribution in [3.63, 3.8) is 0 Å². The second-order valence-electron chi connectivity index (χ2n) is 4.86. The lowest BCUT2D eigenvalue weighted by Gasteiger charge is -2.23. The van der Waals surface area contributed by atoms with Crippen molar-refractivity contribution in [3.05, 3.63) is 24.2 Å². The van der Waals surface area contributed by atoms with Crippen LogP contribution in [0.1, 0.15) is 32.4 Å². The van der Waals surface area contributed by atoms with Gasteiger partial charge in [0.1, 0.15) is 5.76 Å². The summed E-state index contributed by atoms with van der Waals surface area (Å²) >= 11 is 0. The lowest BCUT2D eigenvalue weighted by atomic mass is 10.2. The molecule has 0 aromatic carbocycles. The van der Waals surface area contributed by atoms with E-state index in [-0.39, 0.29) is 19.0 Å². The van der Waals surface area contributed by atoms with Gasteiger partial charge in [0.05, 0.1) is 19.4 Å². The SMILES string of the molecule is CCCC(C)N(C)CC(=O)NC(=O)NCc1ccco1. The fourth-order valence-corrected chi connectivity index (χ4v) is 1.81. The number of furan rings is 1. The summed E-state index contributed by atoms with van der Waals surface area (Å²) < 4.78 is 5.08. The molecule has 1 aromatic rings. The first-order valence-corrected chi connectivity index (χ1v) is 6.83. The molecule has 1 atom stereocenters. The van der Waals surface area contributed by atoms with Crippen LogP contribution in [0.4, 0.5) is 4.79 Å². The molecule has 1 aromatic heterocycles. The number of rotatable bonds is 7. The molecule has 0 spiro atoms. The predicted octanol–water partition coefficient (Wildman–Crippen LogP) is 1.73. The molecule has 1 heterocycles. The Morgan fingerprint density at radius 1 is 1.45 bits per heavy atom. The van der Waals surface area contributed by atoms with Gasteiger partial charge in [0.2, 0.25) is 5.91 Å². The van der Waals surface area contributed by atoms with E-state index < -0.39 is 6.03 Å². The zero-order chi connectivity index (χ0) is 15.0. The van der Waals surface area contributed by atoms with Gasteiger partial charge in [-0.3, -0.25) is 15.0 Å². The lowest BCUT2D eigenvalue weighted by molar-refractivity contribution is -0.121. The van der Waals surface area contributed by atoms with Gasteiger partial charge in [0.15, 0.2) is 0 Å². The minimum Gasteiger partial charge on any atom is -0.467 e. The van der Waals surface area contributed by atoms with Gasteiger partial charge in [0.25, 0.3) is 0 Å². The fraction of sp³-hybridized carbons (Fsp3) is 0.571. The summed E-state index contributed by atoms with van der Waals surface area (Å²) in [6, 6.07) is 3.30. The van der Waals surface area contributed by atoms with E-state index in [2.05, 4.69) is 24.5 Å². The Hall–Kier alpha value is -1.82. The molecule has 3 amide bonds. The Morgan fingerprint density at radius 3 is 2.80 bits per heavy atom. The number of hydrogen-bond donors (Lipinski definition) is 2. The molecule has 6 nitrogen and oxygen atoms in total. The summed E-state index contributed by atoms with van der Waals surface area (Å²) in [7, 11) is 1.88. The molecular weight excluding hydrogens is 258 g/mol. The van der Waals surface area contributed by atoms with Crippen LogP contribution in [0.2, 0.25) is 0 Å². The summed E-state index contributed by atoms with van der Waals surface area (Å²) in [6.45, 7) is 4.63. The topological polar surface area (TPSA) is 74.6 Å². The number of likely N-dealkylation sites (N-methyl/N-ethyl adjacent to an activating group) is 1. The van der Waals surface area contributed by atoms with Gasteiger partial charge in [-0.2, -0.15) is 0 Å². The summed E-state index contributed by atoms with van der Waals surface area (Å²) in [5, 5.41) is 4.86. The smallest absolute Gasteiger partial charge is 0.321 e. The summed E-state index contributed by atoms with van der Waals surface area (Å²) in [5.41, 5.74) is 0. The van der Waals surface area contributed by atoms with Crippen LogP contribution in [-0.4, -0.2) is 36.5 Å². The van der Waals surface area contributed by atoms with Gasteiger partial charge >= 0.3 is 6.03 Å². The number of imide groups is 1. The molecule has 0 fully saturated rings. The van der Waals surface area contributed by atoms with Gasteiger partial charge in [-0.1, -0.05) is 13.3 Å². The van der Waals surface area contributed by atoms with Crippen LogP contribution in [0.25, 0.3) is 0 Å². The number of carbonyl (C=O) groups excluding carboxylic acids is 2. The van der Waals surface area contributed by atoms with Crippen molar-refractivity contribution in [2.24, 2.45) is 0 Å². The lowest BCUT2D eigenvalue weighted by Crippen LogP contribution is -2.45. The van der Waals surface area contributed by atoms with Gasteiger partial charge in [-0.25, -0.2) is 4.79 Å². The monoisotopic (exact) mass is 281 g/mol. The Labute approximate surface area is 119 Å². The molecule has 2 N–H and O–H groups in total. The second kappa shape index (κ2) is 8.37. The maximum Gasteiger partial charge on any atom is 0.321 e. The van der Waals surface area contributed by atoms with Crippen LogP contribution >= 0.6 is 0 Å². The Bertz CT molecular complexity index is 417. The molecule has 20 heavy (non-hydrogen) atoms. The van der Waals surface area contributed by atoms with Crippen molar-refractivity contribution in [1.29, 1.82) is 0 Å². The largest absolute Gasteiger partial charge is 0.467 e. The van der Waals surface area contributed by atoms with E-state index in [1.807, 2.05) is 11.9 Å². The molecule has 0 saturated heterocycles. The first-order valence-electron chi connectivity index (χ1n) is 6.83. The number of hydrogen-bond acceptors (Lipinski definition) is 4. The number of nitrogens with one attached hydrogen (secondary N) is 2. The highest BCUT2D eigenvalue weighted by Crippen LogP contribution is 2.03. The molecule has 1 unspecified atom stereocenters. The highest BCUT2D eigenvalue weighted by Gasteiger charge is 2.14. The third kappa shape index (κ3) is 5.88. The Balaban J connectivity index is 2.25. The van der Waals surface area contributed by atoms with Crippen LogP contribution in [0.5, 0.6) is 0 Å². The predicted molar refractivity (Wildman–Crippen MR) is 76.1 cm³/mol. The fourth-order valence-electron chi connectivity index (χ4n) is 1.81. The maximum atomic E-state index is 11.7. The van der Waals surface area contributed by atoms with Crippen molar-refractivity contribution < 1.29 is 14.0 Å². The number of carbonyl (C=O) groups is 2. The Kier molecular flexibility index (Phi) is 6.79. The van der Waals surface area contributed by atoms with E-state index in [1.54, 1.807) is 12.1 Å². The van der Waals surface area contributed by atoms with Crippen LogP contribution in [0, 0.1) is 0 Å². The molecule has 112 valence electrons. The van der Waals surface area contributed by atoms with Gasteiger partial charge in [-0.15, -0.1) is 0 Å². The third-order valence-electron chi connectivity index (χ3n) is 3.11. The first-order chi connectivity index (χ1) is 9.52. The molecule has 0 aliphatic rings. The molecule has 0 radical (unpaired) electrons. The summed E-state index contributed by atoms with van der Waals surface area (Å²) in [4.78, 5) is 25.1. The molecule has 0 saturated carbocycles. The third-order valence-corrected chi connectivity index (χ3v) is 3.11. The number of nitrogens with zero attached hydrogens (tertiary/aromatic N) is 1. The number of amides is 3. The second-order valence-corrected chi connectivity index (χ2v) is 4.86. The van der Waals surface area contributed by atoms with Gasteiger partial charge in [-0.05, 0) is 32.5 Å². The minimum atomic E-state index is -0.511. The number of urea groups is 1. The zero-order valence-corrected chi connectivity index (χ0v) is 12.3. The molecule has 0 bridgehead atoms. The molecule has 0 aliphatic carbocycles. The average molecular weight is 281 g/mol. The highest BCUT2D eigenvalue weighted by molar-refractivity contribution is 5.95. The highest BCUT2D eigenvalue weighted by atomic mass is 16.3. The van der Waals surface area contributed by atoms with Gasteiger partial charge in [0, 0.05) is 6.04 Å². The van der Waals surface area contributed by atoms with Crippen molar-refractivity contribution in [2.75, 3.05) is 13.6 Å². The molecular formula is C14H23N3O3. The van der Waals surface area contributed by atoms with Crippen molar-refractivity contribution in [1.82, 2.24) is 15.5 Å². The zero-order valence-electron chi connectivity index (χ0n) is 12.3. The molecule has 1 rings (SSSR count).